The maximum Gasteiger partial charge on any atom is 0.220 e. The summed E-state index contributed by atoms with van der Waals surface area (Å²) < 4.78 is 42.1. The van der Waals surface area contributed by atoms with Crippen molar-refractivity contribution in [2.45, 2.75) is 82.7 Å². The van der Waals surface area contributed by atoms with Crippen LogP contribution < -0.4 is 0 Å². The third kappa shape index (κ3) is 5.95. The van der Waals surface area contributed by atoms with Crippen LogP contribution in [0.1, 0.15) is 76.1 Å². The van der Waals surface area contributed by atoms with Crippen LogP contribution in [0, 0.1) is 22.1 Å². The predicted molar refractivity (Wildman–Crippen MR) is 148 cm³/mol. The molecule has 0 amide bonds. The Hall–Kier alpha value is -3.00. The molecule has 1 fully saturated rings. The van der Waals surface area contributed by atoms with Gasteiger partial charge < -0.3 is 10.8 Å². The van der Waals surface area contributed by atoms with E-state index < -0.39 is 27.0 Å². The van der Waals surface area contributed by atoms with Crippen molar-refractivity contribution in [3.05, 3.63) is 59.0 Å². The van der Waals surface area contributed by atoms with Crippen LogP contribution in [0.2, 0.25) is 0 Å². The van der Waals surface area contributed by atoms with Crippen molar-refractivity contribution >= 4 is 37.1 Å². The Balaban J connectivity index is 1.75. The predicted octanol–water partition coefficient (Wildman–Crippen LogP) is 6.67. The highest BCUT2D eigenvalue weighted by Gasteiger charge is 2.36. The van der Waals surface area contributed by atoms with Crippen LogP contribution in [0.4, 0.5) is 4.39 Å². The van der Waals surface area contributed by atoms with Crippen LogP contribution in [0.3, 0.4) is 0 Å². The Morgan fingerprint density at radius 1 is 1.16 bits per heavy atom. The summed E-state index contributed by atoms with van der Waals surface area (Å²) >= 11 is 0. The van der Waals surface area contributed by atoms with Crippen LogP contribution in [0.5, 0.6) is 0 Å². The first-order chi connectivity index (χ1) is 17.3. The van der Waals surface area contributed by atoms with Gasteiger partial charge >= 0.3 is 0 Å². The highest BCUT2D eigenvalue weighted by atomic mass is 32.2. The summed E-state index contributed by atoms with van der Waals surface area (Å²) in [6.07, 6.45) is 10.1. The van der Waals surface area contributed by atoms with Crippen LogP contribution in [-0.4, -0.2) is 35.5 Å². The Morgan fingerprint density at radius 3 is 2.46 bits per heavy atom. The first kappa shape index (κ1) is 27.0. The molecule has 196 valence electrons. The molecule has 3 N–H and O–H groups in total. The number of nitrogens with zero attached hydrogens (tertiary/aromatic N) is 1. The van der Waals surface area contributed by atoms with E-state index >= 15 is 0 Å². The van der Waals surface area contributed by atoms with Crippen molar-refractivity contribution < 1.29 is 12.8 Å². The van der Waals surface area contributed by atoms with Crippen molar-refractivity contribution in [1.29, 1.82) is 16.2 Å². The van der Waals surface area contributed by atoms with Gasteiger partial charge in [0.25, 0.3) is 0 Å². The lowest BCUT2D eigenvalue weighted by molar-refractivity contribution is 0.228. The molecule has 0 unspecified atom stereocenters. The van der Waals surface area contributed by atoms with Crippen molar-refractivity contribution in [3.8, 4) is 0 Å². The van der Waals surface area contributed by atoms with Gasteiger partial charge in [0, 0.05) is 46.4 Å². The number of rotatable bonds is 9. The summed E-state index contributed by atoms with van der Waals surface area (Å²) in [4.78, 5) is 4.71. The summed E-state index contributed by atoms with van der Waals surface area (Å²) in [6, 6.07) is 3.85. The molecule has 2 aliphatic carbocycles. The molecule has 0 bridgehead atoms. The Kier molecular flexibility index (Phi) is 7.34. The number of allylic oxidation sites excluding steroid dienone is 4. The minimum atomic E-state index is -4.22. The number of benzene rings is 1. The van der Waals surface area contributed by atoms with Gasteiger partial charge in [0.05, 0.1) is 4.90 Å². The lowest BCUT2D eigenvalue weighted by Crippen LogP contribution is -2.25. The number of sulfone groups is 1. The van der Waals surface area contributed by atoms with Crippen LogP contribution in [-0.2, 0) is 22.7 Å². The minimum absolute atomic E-state index is 0.0281. The van der Waals surface area contributed by atoms with E-state index in [1.165, 1.54) is 13.8 Å². The van der Waals surface area contributed by atoms with Crippen molar-refractivity contribution in [3.63, 3.8) is 0 Å². The van der Waals surface area contributed by atoms with Gasteiger partial charge in [-0.05, 0) is 101 Å². The minimum Gasteiger partial charge on any atom is -0.306 e. The Bertz CT molecular complexity index is 1460. The summed E-state index contributed by atoms with van der Waals surface area (Å²) in [5.41, 5.74) is 2.21. The molecule has 1 saturated carbocycles. The molecule has 37 heavy (non-hydrogen) atoms. The average molecular weight is 523 g/mol. The number of pyridine rings is 1. The zero-order valence-corrected chi connectivity index (χ0v) is 22.7. The van der Waals surface area contributed by atoms with Crippen molar-refractivity contribution in [2.75, 3.05) is 0 Å². The molecule has 4 rings (SSSR count). The number of halogens is 1. The lowest BCUT2D eigenvalue weighted by atomic mass is 9.94. The second-order valence-corrected chi connectivity index (χ2v) is 12.9. The van der Waals surface area contributed by atoms with Gasteiger partial charge in [0.1, 0.15) is 10.7 Å². The second kappa shape index (κ2) is 10.0. The van der Waals surface area contributed by atoms with Gasteiger partial charge in [-0.2, -0.15) is 0 Å². The number of aromatic nitrogens is 1. The number of hydrogen-bond donors (Lipinski definition) is 3. The van der Waals surface area contributed by atoms with E-state index in [1.54, 1.807) is 25.3 Å². The standard InChI is InChI=1S/C29H35FN4O2S/c1-5-19(7-6-17(2)31)25(32)12-18-10-21-13-22-16-34-26(20-8-9-20)14-24(22)28(23(21)11-18)37(35,36)27(33)15-29(3,4)30/h5-7,13-14,16,18,20,31-33H,8-12,15H2,1-4H3/b7-6-,19-5+,31-17?,32-25?,33-27?/t18-/m1/s1. The second-order valence-electron chi connectivity index (χ2n) is 11.0. The maximum absolute atomic E-state index is 14.4. The molecule has 0 saturated heterocycles. The van der Waals surface area contributed by atoms with Crippen LogP contribution in [0.15, 0.2) is 47.0 Å². The van der Waals surface area contributed by atoms with E-state index in [1.807, 2.05) is 25.1 Å². The monoisotopic (exact) mass is 522 g/mol. The van der Waals surface area contributed by atoms with E-state index in [0.29, 0.717) is 52.9 Å². The maximum atomic E-state index is 14.4. The molecule has 0 spiro atoms. The first-order valence-electron chi connectivity index (χ1n) is 12.7. The van der Waals surface area contributed by atoms with E-state index in [2.05, 4.69) is 4.98 Å². The molecular formula is C29H35FN4O2S. The summed E-state index contributed by atoms with van der Waals surface area (Å²) in [7, 11) is -4.22. The smallest absolute Gasteiger partial charge is 0.220 e. The van der Waals surface area contributed by atoms with E-state index in [0.717, 1.165) is 29.7 Å². The van der Waals surface area contributed by atoms with Gasteiger partial charge in [0.2, 0.25) is 9.84 Å². The largest absolute Gasteiger partial charge is 0.306 e. The molecular weight excluding hydrogens is 487 g/mol. The summed E-state index contributed by atoms with van der Waals surface area (Å²) in [5.74, 6) is 0.364. The molecule has 0 aliphatic heterocycles. The quantitative estimate of drug-likeness (QED) is 0.194. The Morgan fingerprint density at radius 2 is 1.86 bits per heavy atom. The SMILES string of the molecule is C/C=C(\C=C/C(C)=N)C(=N)C[C@@H]1Cc2cc3cnc(C4CC4)cc3c(S(=O)(=O)C(=N)CC(C)(C)F)c2C1. The molecule has 1 aromatic carbocycles. The topological polar surface area (TPSA) is 119 Å². The fourth-order valence-electron chi connectivity index (χ4n) is 5.10. The number of nitrogens with one attached hydrogen (secondary N) is 3. The van der Waals surface area contributed by atoms with Gasteiger partial charge in [-0.25, -0.2) is 12.8 Å². The number of alkyl halides is 1. The normalized spacial score (nSPS) is 18.4. The molecule has 2 aromatic rings. The number of fused-ring (bicyclic) bond motifs is 2. The van der Waals surface area contributed by atoms with Crippen molar-refractivity contribution in [2.24, 2.45) is 5.92 Å². The molecule has 1 atom stereocenters. The van der Waals surface area contributed by atoms with Gasteiger partial charge in [0.15, 0.2) is 0 Å². The van der Waals surface area contributed by atoms with E-state index in [4.69, 9.17) is 16.2 Å². The molecule has 8 heteroatoms. The molecule has 0 radical (unpaired) electrons. The zero-order chi connectivity index (χ0) is 27.1. The van der Waals surface area contributed by atoms with Gasteiger partial charge in [-0.3, -0.25) is 10.4 Å². The van der Waals surface area contributed by atoms with Crippen LogP contribution >= 0.6 is 0 Å². The first-order valence-corrected chi connectivity index (χ1v) is 14.2. The zero-order valence-electron chi connectivity index (χ0n) is 21.9. The van der Waals surface area contributed by atoms with Crippen molar-refractivity contribution in [1.82, 2.24) is 4.98 Å². The highest BCUT2D eigenvalue weighted by Crippen LogP contribution is 2.43. The van der Waals surface area contributed by atoms with E-state index in [-0.39, 0.29) is 10.8 Å². The average Bonchev–Trinajstić information content (AvgIpc) is 3.56. The molecule has 1 aromatic heterocycles. The lowest BCUT2D eigenvalue weighted by Gasteiger charge is -2.18. The number of hydrogen-bond acceptors (Lipinski definition) is 6. The highest BCUT2D eigenvalue weighted by molar-refractivity contribution is 8.06. The fourth-order valence-corrected chi connectivity index (χ4v) is 6.89. The van der Waals surface area contributed by atoms with Crippen LogP contribution in [0.25, 0.3) is 10.8 Å². The third-order valence-electron chi connectivity index (χ3n) is 7.03. The molecule has 1 heterocycles. The summed E-state index contributed by atoms with van der Waals surface area (Å²) in [5, 5.41) is 25.3. The van der Waals surface area contributed by atoms with E-state index in [9.17, 15) is 12.8 Å². The van der Waals surface area contributed by atoms with Gasteiger partial charge in [-0.15, -0.1) is 0 Å². The molecule has 2 aliphatic rings. The fraction of sp³-hybridized carbons (Fsp3) is 0.448. The summed E-state index contributed by atoms with van der Waals surface area (Å²) in [6.45, 7) is 6.11. The Labute approximate surface area is 218 Å². The molecule has 6 nitrogen and oxygen atoms in total. The van der Waals surface area contributed by atoms with Gasteiger partial charge in [-0.1, -0.05) is 12.2 Å². The third-order valence-corrected chi connectivity index (χ3v) is 8.83.